The van der Waals surface area contributed by atoms with Crippen LogP contribution in [-0.4, -0.2) is 22.6 Å². The van der Waals surface area contributed by atoms with Crippen molar-refractivity contribution in [3.63, 3.8) is 0 Å². The van der Waals surface area contributed by atoms with Crippen molar-refractivity contribution in [2.45, 2.75) is 11.4 Å². The molecule has 23 heavy (non-hydrogen) atoms. The minimum absolute atomic E-state index is 0.0850. The Hall–Kier alpha value is -1.09. The largest absolute Gasteiger partial charge is 0.493 e. The number of rotatable bonds is 6. The molecule has 0 aliphatic rings. The molecule has 0 unspecified atom stereocenters. The lowest BCUT2D eigenvalue weighted by Crippen LogP contribution is -2.24. The SMILES string of the molecule is COc1cccc(CNS(=O)(=O)c2cc(Br)ccc2Br)c1OC. The van der Waals surface area contributed by atoms with Gasteiger partial charge in [0.05, 0.1) is 19.1 Å². The highest BCUT2D eigenvalue weighted by molar-refractivity contribution is 9.11. The van der Waals surface area contributed by atoms with Gasteiger partial charge in [-0.2, -0.15) is 0 Å². The minimum atomic E-state index is -3.68. The Morgan fingerprint density at radius 3 is 2.48 bits per heavy atom. The van der Waals surface area contributed by atoms with E-state index in [0.29, 0.717) is 26.0 Å². The maximum Gasteiger partial charge on any atom is 0.242 e. The van der Waals surface area contributed by atoms with E-state index < -0.39 is 10.0 Å². The molecule has 1 N–H and O–H groups in total. The predicted octanol–water partition coefficient (Wildman–Crippen LogP) is 3.71. The van der Waals surface area contributed by atoms with Crippen LogP contribution in [0.25, 0.3) is 0 Å². The lowest BCUT2D eigenvalue weighted by atomic mass is 10.2. The Morgan fingerprint density at radius 1 is 1.09 bits per heavy atom. The molecule has 5 nitrogen and oxygen atoms in total. The first kappa shape index (κ1) is 18.3. The summed E-state index contributed by atoms with van der Waals surface area (Å²) in [5, 5.41) is 0. The van der Waals surface area contributed by atoms with Crippen molar-refractivity contribution in [2.75, 3.05) is 14.2 Å². The molecular formula is C15H15Br2NO4S. The first-order valence-electron chi connectivity index (χ1n) is 6.53. The van der Waals surface area contributed by atoms with E-state index in [1.54, 1.807) is 30.3 Å². The van der Waals surface area contributed by atoms with Crippen LogP contribution in [0.5, 0.6) is 11.5 Å². The number of hydrogen-bond acceptors (Lipinski definition) is 4. The van der Waals surface area contributed by atoms with E-state index in [-0.39, 0.29) is 11.4 Å². The molecule has 0 radical (unpaired) electrons. The molecule has 2 rings (SSSR count). The molecule has 124 valence electrons. The monoisotopic (exact) mass is 463 g/mol. The van der Waals surface area contributed by atoms with Crippen LogP contribution >= 0.6 is 31.9 Å². The second-order valence-electron chi connectivity index (χ2n) is 4.55. The van der Waals surface area contributed by atoms with E-state index >= 15 is 0 Å². The van der Waals surface area contributed by atoms with Crippen LogP contribution in [0.1, 0.15) is 5.56 Å². The van der Waals surface area contributed by atoms with Gasteiger partial charge >= 0.3 is 0 Å². The van der Waals surface area contributed by atoms with Crippen LogP contribution in [0.15, 0.2) is 50.2 Å². The van der Waals surface area contributed by atoms with E-state index in [4.69, 9.17) is 9.47 Å². The van der Waals surface area contributed by atoms with Crippen molar-refractivity contribution in [3.05, 3.63) is 50.9 Å². The lowest BCUT2D eigenvalue weighted by Gasteiger charge is -2.14. The van der Waals surface area contributed by atoms with E-state index in [9.17, 15) is 8.42 Å². The van der Waals surface area contributed by atoms with E-state index in [2.05, 4.69) is 36.6 Å². The Morgan fingerprint density at radius 2 is 1.83 bits per heavy atom. The minimum Gasteiger partial charge on any atom is -0.493 e. The lowest BCUT2D eigenvalue weighted by molar-refractivity contribution is 0.351. The van der Waals surface area contributed by atoms with Crippen LogP contribution in [-0.2, 0) is 16.6 Å². The van der Waals surface area contributed by atoms with Gasteiger partial charge in [-0.25, -0.2) is 13.1 Å². The van der Waals surface area contributed by atoms with Gasteiger partial charge in [-0.3, -0.25) is 0 Å². The van der Waals surface area contributed by atoms with Gasteiger partial charge in [0.15, 0.2) is 11.5 Å². The average molecular weight is 465 g/mol. The fraction of sp³-hybridized carbons (Fsp3) is 0.200. The van der Waals surface area contributed by atoms with Gasteiger partial charge in [-0.05, 0) is 40.2 Å². The molecule has 0 amide bonds. The molecule has 0 saturated carbocycles. The Kier molecular flexibility index (Phi) is 6.07. The van der Waals surface area contributed by atoms with Gasteiger partial charge in [-0.1, -0.05) is 28.1 Å². The summed E-state index contributed by atoms with van der Waals surface area (Å²) < 4.78 is 39.3. The zero-order valence-electron chi connectivity index (χ0n) is 12.5. The molecule has 2 aromatic rings. The number of benzene rings is 2. The fourth-order valence-corrected chi connectivity index (χ4v) is 4.53. The first-order valence-corrected chi connectivity index (χ1v) is 9.60. The van der Waals surface area contributed by atoms with Gasteiger partial charge in [0, 0.05) is 21.1 Å². The third-order valence-electron chi connectivity index (χ3n) is 3.12. The molecule has 0 fully saturated rings. The van der Waals surface area contributed by atoms with E-state index in [1.165, 1.54) is 20.3 Å². The Bertz CT molecular complexity index is 809. The molecule has 0 aliphatic heterocycles. The van der Waals surface area contributed by atoms with Crippen LogP contribution < -0.4 is 14.2 Å². The van der Waals surface area contributed by atoms with Crippen molar-refractivity contribution in [1.29, 1.82) is 0 Å². The molecular weight excluding hydrogens is 450 g/mol. The Labute approximate surface area is 152 Å². The smallest absolute Gasteiger partial charge is 0.242 e. The summed E-state index contributed by atoms with van der Waals surface area (Å²) in [6.45, 7) is 0.0850. The van der Waals surface area contributed by atoms with Crippen molar-refractivity contribution in [3.8, 4) is 11.5 Å². The van der Waals surface area contributed by atoms with Crippen molar-refractivity contribution < 1.29 is 17.9 Å². The fourth-order valence-electron chi connectivity index (χ4n) is 2.03. The number of sulfonamides is 1. The quantitative estimate of drug-likeness (QED) is 0.707. The topological polar surface area (TPSA) is 64.6 Å². The third kappa shape index (κ3) is 4.26. The summed E-state index contributed by atoms with van der Waals surface area (Å²) in [7, 11) is -0.633. The van der Waals surface area contributed by atoms with Gasteiger partial charge in [0.25, 0.3) is 0 Å². The van der Waals surface area contributed by atoms with Crippen molar-refractivity contribution >= 4 is 41.9 Å². The molecule has 0 bridgehead atoms. The van der Waals surface area contributed by atoms with Crippen LogP contribution in [0.3, 0.4) is 0 Å². The van der Waals surface area contributed by atoms with Gasteiger partial charge in [0.1, 0.15) is 0 Å². The molecule has 0 aromatic heterocycles. The number of nitrogens with one attached hydrogen (secondary N) is 1. The molecule has 0 atom stereocenters. The Balaban J connectivity index is 2.28. The van der Waals surface area contributed by atoms with Crippen molar-refractivity contribution in [2.24, 2.45) is 0 Å². The van der Waals surface area contributed by atoms with Gasteiger partial charge in [-0.15, -0.1) is 0 Å². The third-order valence-corrected chi connectivity index (χ3v) is 6.01. The molecule has 0 heterocycles. The highest BCUT2D eigenvalue weighted by Gasteiger charge is 2.19. The van der Waals surface area contributed by atoms with Gasteiger partial charge < -0.3 is 9.47 Å². The zero-order chi connectivity index (χ0) is 17.0. The summed E-state index contributed by atoms with van der Waals surface area (Å²) >= 11 is 6.54. The highest BCUT2D eigenvalue weighted by Crippen LogP contribution is 2.31. The van der Waals surface area contributed by atoms with Crippen LogP contribution in [0.4, 0.5) is 0 Å². The predicted molar refractivity (Wildman–Crippen MR) is 95.4 cm³/mol. The maximum absolute atomic E-state index is 12.5. The van der Waals surface area contributed by atoms with E-state index in [0.717, 1.165) is 0 Å². The average Bonchev–Trinajstić information content (AvgIpc) is 2.54. The number of halogens is 2. The number of para-hydroxylation sites is 1. The molecule has 0 aliphatic carbocycles. The summed E-state index contributed by atoms with van der Waals surface area (Å²) in [5.74, 6) is 1.05. The van der Waals surface area contributed by atoms with Crippen molar-refractivity contribution in [1.82, 2.24) is 4.72 Å². The normalized spacial score (nSPS) is 11.3. The van der Waals surface area contributed by atoms with Gasteiger partial charge in [0.2, 0.25) is 10.0 Å². The summed E-state index contributed by atoms with van der Waals surface area (Å²) in [6, 6.07) is 10.3. The van der Waals surface area contributed by atoms with E-state index in [1.807, 2.05) is 0 Å². The second kappa shape index (κ2) is 7.65. The maximum atomic E-state index is 12.5. The first-order chi connectivity index (χ1) is 10.9. The summed E-state index contributed by atoms with van der Waals surface area (Å²) in [6.07, 6.45) is 0. The standard InChI is InChI=1S/C15H15Br2NO4S/c1-21-13-5-3-4-10(15(13)22-2)9-18-23(19,20)14-8-11(16)6-7-12(14)17/h3-8,18H,9H2,1-2H3. The van der Waals surface area contributed by atoms with Crippen LogP contribution in [0.2, 0.25) is 0 Å². The number of methoxy groups -OCH3 is 2. The number of hydrogen-bond donors (Lipinski definition) is 1. The molecule has 0 spiro atoms. The second-order valence-corrected chi connectivity index (χ2v) is 8.06. The summed E-state index contributed by atoms with van der Waals surface area (Å²) in [4.78, 5) is 0.161. The molecule has 8 heteroatoms. The zero-order valence-corrected chi connectivity index (χ0v) is 16.5. The van der Waals surface area contributed by atoms with Crippen LogP contribution in [0, 0.1) is 0 Å². The highest BCUT2D eigenvalue weighted by atomic mass is 79.9. The molecule has 0 saturated heterocycles. The molecule has 2 aromatic carbocycles. The number of ether oxygens (including phenoxy) is 2. The summed E-state index contributed by atoms with van der Waals surface area (Å²) in [5.41, 5.74) is 0.682.